The molecular weight excluding hydrogens is 266 g/mol. The summed E-state index contributed by atoms with van der Waals surface area (Å²) < 4.78 is 0. The van der Waals surface area contributed by atoms with Crippen molar-refractivity contribution in [2.45, 2.75) is 47.0 Å². The summed E-state index contributed by atoms with van der Waals surface area (Å²) in [5.74, 6) is 0.359. The van der Waals surface area contributed by atoms with Crippen LogP contribution in [-0.4, -0.2) is 49.4 Å². The highest BCUT2D eigenvalue weighted by Crippen LogP contribution is 2.36. The first-order chi connectivity index (χ1) is 9.97. The lowest BCUT2D eigenvalue weighted by atomic mass is 9.75. The molecule has 21 heavy (non-hydrogen) atoms. The van der Waals surface area contributed by atoms with Crippen LogP contribution < -0.4 is 10.6 Å². The van der Waals surface area contributed by atoms with Crippen LogP contribution in [0.1, 0.15) is 47.0 Å². The third-order valence-corrected chi connectivity index (χ3v) is 4.41. The van der Waals surface area contributed by atoms with Crippen molar-refractivity contribution in [3.8, 4) is 0 Å². The van der Waals surface area contributed by atoms with E-state index in [9.17, 15) is 9.59 Å². The van der Waals surface area contributed by atoms with E-state index in [1.165, 1.54) is 0 Å². The maximum absolute atomic E-state index is 13.0. The summed E-state index contributed by atoms with van der Waals surface area (Å²) in [6.45, 7) is 11.4. The quantitative estimate of drug-likeness (QED) is 0.711. The van der Waals surface area contributed by atoms with Crippen LogP contribution in [0.2, 0.25) is 0 Å². The molecule has 1 heterocycles. The van der Waals surface area contributed by atoms with E-state index in [0.29, 0.717) is 13.1 Å². The van der Waals surface area contributed by atoms with Gasteiger partial charge < -0.3 is 15.5 Å². The Balaban J connectivity index is 2.78. The van der Waals surface area contributed by atoms with Crippen molar-refractivity contribution in [2.24, 2.45) is 11.3 Å². The molecule has 2 N–H and O–H groups in total. The first-order valence-electron chi connectivity index (χ1n) is 8.24. The van der Waals surface area contributed by atoms with Crippen molar-refractivity contribution in [3.63, 3.8) is 0 Å². The predicted octanol–water partition coefficient (Wildman–Crippen LogP) is 1.39. The number of hydrogen-bond acceptors (Lipinski definition) is 3. The summed E-state index contributed by atoms with van der Waals surface area (Å²) >= 11 is 0. The summed E-state index contributed by atoms with van der Waals surface area (Å²) in [7, 11) is 0. The molecule has 1 atom stereocenters. The first-order valence-corrected chi connectivity index (χ1v) is 8.24. The molecule has 1 aliphatic heterocycles. The number of hydrogen-bond donors (Lipinski definition) is 2. The number of carbonyl (C=O) groups is 2. The van der Waals surface area contributed by atoms with Gasteiger partial charge in [0.15, 0.2) is 0 Å². The van der Waals surface area contributed by atoms with Crippen molar-refractivity contribution >= 4 is 11.8 Å². The summed E-state index contributed by atoms with van der Waals surface area (Å²) in [6.07, 6.45) is 2.64. The van der Waals surface area contributed by atoms with Gasteiger partial charge in [-0.2, -0.15) is 0 Å². The van der Waals surface area contributed by atoms with Gasteiger partial charge in [0.25, 0.3) is 0 Å². The summed E-state index contributed by atoms with van der Waals surface area (Å²) in [6, 6.07) is 0. The Labute approximate surface area is 128 Å². The molecule has 0 aromatic heterocycles. The Morgan fingerprint density at radius 1 is 1.29 bits per heavy atom. The topological polar surface area (TPSA) is 61.4 Å². The van der Waals surface area contributed by atoms with Gasteiger partial charge in [-0.15, -0.1) is 0 Å². The highest BCUT2D eigenvalue weighted by Gasteiger charge is 2.46. The number of nitrogens with one attached hydrogen (secondary N) is 2. The molecule has 0 spiro atoms. The van der Waals surface area contributed by atoms with Gasteiger partial charge >= 0.3 is 0 Å². The fourth-order valence-corrected chi connectivity index (χ4v) is 2.96. The van der Waals surface area contributed by atoms with E-state index in [-0.39, 0.29) is 29.7 Å². The zero-order chi connectivity index (χ0) is 15.9. The molecule has 5 heteroatoms. The SMILES string of the molecule is CCCNC(=O)CN(CCC)C(=O)C1(C(C)C)CCNC1. The smallest absolute Gasteiger partial charge is 0.239 e. The molecule has 1 aliphatic rings. The largest absolute Gasteiger partial charge is 0.355 e. The highest BCUT2D eigenvalue weighted by atomic mass is 16.2. The molecule has 0 aromatic rings. The Morgan fingerprint density at radius 2 is 2.00 bits per heavy atom. The lowest BCUT2D eigenvalue weighted by molar-refractivity contribution is -0.146. The van der Waals surface area contributed by atoms with E-state index in [0.717, 1.165) is 32.4 Å². The van der Waals surface area contributed by atoms with Crippen molar-refractivity contribution in [3.05, 3.63) is 0 Å². The maximum Gasteiger partial charge on any atom is 0.239 e. The third-order valence-electron chi connectivity index (χ3n) is 4.41. The molecule has 2 amide bonds. The van der Waals surface area contributed by atoms with Crippen LogP contribution in [0.3, 0.4) is 0 Å². The maximum atomic E-state index is 13.0. The molecular formula is C16H31N3O2. The second-order valence-corrected chi connectivity index (χ2v) is 6.31. The Hall–Kier alpha value is -1.10. The second-order valence-electron chi connectivity index (χ2n) is 6.31. The van der Waals surface area contributed by atoms with Crippen LogP contribution in [0.25, 0.3) is 0 Å². The summed E-state index contributed by atoms with van der Waals surface area (Å²) in [5.41, 5.74) is -0.347. The van der Waals surface area contributed by atoms with Gasteiger partial charge in [-0.25, -0.2) is 0 Å². The molecule has 1 unspecified atom stereocenters. The van der Waals surface area contributed by atoms with Gasteiger partial charge in [-0.1, -0.05) is 27.7 Å². The van der Waals surface area contributed by atoms with Crippen LogP contribution >= 0.6 is 0 Å². The van der Waals surface area contributed by atoms with Crippen LogP contribution in [0.5, 0.6) is 0 Å². The lowest BCUT2D eigenvalue weighted by Crippen LogP contribution is -2.51. The summed E-state index contributed by atoms with van der Waals surface area (Å²) in [4.78, 5) is 26.7. The van der Waals surface area contributed by atoms with Crippen molar-refractivity contribution in [2.75, 3.05) is 32.7 Å². The van der Waals surface area contributed by atoms with E-state index < -0.39 is 0 Å². The molecule has 122 valence electrons. The minimum atomic E-state index is -0.347. The molecule has 0 aromatic carbocycles. The Morgan fingerprint density at radius 3 is 2.48 bits per heavy atom. The van der Waals surface area contributed by atoms with Crippen LogP contribution in [0, 0.1) is 11.3 Å². The lowest BCUT2D eigenvalue weighted by Gasteiger charge is -2.36. The standard InChI is InChI=1S/C16H31N3O2/c1-5-8-18-14(20)11-19(10-6-2)15(21)16(13(3)4)7-9-17-12-16/h13,17H,5-12H2,1-4H3,(H,18,20). The van der Waals surface area contributed by atoms with Gasteiger partial charge in [-0.05, 0) is 31.7 Å². The van der Waals surface area contributed by atoms with E-state index in [1.54, 1.807) is 4.90 Å². The van der Waals surface area contributed by atoms with E-state index in [4.69, 9.17) is 0 Å². The zero-order valence-corrected chi connectivity index (χ0v) is 14.0. The van der Waals surface area contributed by atoms with Gasteiger partial charge in [0.05, 0.1) is 12.0 Å². The van der Waals surface area contributed by atoms with Crippen LogP contribution in [0.4, 0.5) is 0 Å². The molecule has 0 radical (unpaired) electrons. The molecule has 0 saturated carbocycles. The van der Waals surface area contributed by atoms with Crippen molar-refractivity contribution in [1.29, 1.82) is 0 Å². The van der Waals surface area contributed by atoms with Gasteiger partial charge in [-0.3, -0.25) is 9.59 Å². The Kier molecular flexibility index (Phi) is 7.15. The highest BCUT2D eigenvalue weighted by molar-refractivity contribution is 5.88. The van der Waals surface area contributed by atoms with Crippen molar-refractivity contribution in [1.82, 2.24) is 15.5 Å². The monoisotopic (exact) mass is 297 g/mol. The molecule has 1 rings (SSSR count). The van der Waals surface area contributed by atoms with E-state index >= 15 is 0 Å². The predicted molar refractivity (Wildman–Crippen MR) is 84.9 cm³/mol. The van der Waals surface area contributed by atoms with Gasteiger partial charge in [0.1, 0.15) is 0 Å². The molecule has 5 nitrogen and oxygen atoms in total. The molecule has 0 bridgehead atoms. The number of amides is 2. The number of carbonyl (C=O) groups excluding carboxylic acids is 2. The molecule has 1 fully saturated rings. The van der Waals surface area contributed by atoms with Gasteiger partial charge in [0.2, 0.25) is 11.8 Å². The first kappa shape index (κ1) is 18.0. The van der Waals surface area contributed by atoms with Crippen LogP contribution in [0.15, 0.2) is 0 Å². The minimum Gasteiger partial charge on any atom is -0.355 e. The molecule has 1 saturated heterocycles. The average molecular weight is 297 g/mol. The fraction of sp³-hybridized carbons (Fsp3) is 0.875. The molecule has 0 aliphatic carbocycles. The third kappa shape index (κ3) is 4.43. The average Bonchev–Trinajstić information content (AvgIpc) is 2.94. The Bertz CT molecular complexity index is 349. The van der Waals surface area contributed by atoms with Crippen LogP contribution in [-0.2, 0) is 9.59 Å². The van der Waals surface area contributed by atoms with E-state index in [1.807, 2.05) is 13.8 Å². The van der Waals surface area contributed by atoms with Gasteiger partial charge in [0, 0.05) is 19.6 Å². The number of nitrogens with zero attached hydrogens (tertiary/aromatic N) is 1. The minimum absolute atomic E-state index is 0.0523. The van der Waals surface area contributed by atoms with E-state index in [2.05, 4.69) is 24.5 Å². The fourth-order valence-electron chi connectivity index (χ4n) is 2.96. The normalized spacial score (nSPS) is 21.6. The summed E-state index contributed by atoms with van der Waals surface area (Å²) in [5, 5.41) is 6.17. The van der Waals surface area contributed by atoms with Crippen molar-refractivity contribution < 1.29 is 9.59 Å². The zero-order valence-electron chi connectivity index (χ0n) is 14.0. The second kappa shape index (κ2) is 8.37. The number of rotatable bonds is 8.